The van der Waals surface area contributed by atoms with Crippen LogP contribution in [0.15, 0.2) is 108 Å². The molecule has 0 spiro atoms. The maximum Gasteiger partial charge on any atom is 0.339 e. The summed E-state index contributed by atoms with van der Waals surface area (Å²) in [6.45, 7) is 1.91. The van der Waals surface area contributed by atoms with E-state index in [0.717, 1.165) is 28.3 Å². The molecule has 0 saturated carbocycles. The van der Waals surface area contributed by atoms with E-state index in [-0.39, 0.29) is 10.6 Å². The smallest absolute Gasteiger partial charge is 0.339 e. The Balaban J connectivity index is 1.51. The van der Waals surface area contributed by atoms with E-state index in [1.165, 1.54) is 0 Å². The average Bonchev–Trinajstić information content (AvgIpc) is 2.84. The van der Waals surface area contributed by atoms with E-state index in [4.69, 9.17) is 4.18 Å². The first kappa shape index (κ1) is 22.4. The van der Waals surface area contributed by atoms with Gasteiger partial charge < -0.3 is 14.0 Å². The minimum Gasteiger partial charge on any atom is -0.379 e. The topological polar surface area (TPSA) is 49.9 Å². The molecule has 0 atom stereocenters. The third-order valence-corrected chi connectivity index (χ3v) is 6.75. The van der Waals surface area contributed by atoms with Gasteiger partial charge in [0.2, 0.25) is 0 Å². The van der Waals surface area contributed by atoms with Gasteiger partial charge in [0, 0.05) is 42.9 Å². The molecule has 0 aliphatic rings. The molecule has 33 heavy (non-hydrogen) atoms. The van der Waals surface area contributed by atoms with Crippen LogP contribution in [0, 0.1) is 6.92 Å². The van der Waals surface area contributed by atoms with Crippen molar-refractivity contribution in [1.82, 2.24) is 0 Å². The van der Waals surface area contributed by atoms with Crippen molar-refractivity contribution >= 4 is 32.9 Å². The van der Waals surface area contributed by atoms with Crippen molar-refractivity contribution in [3.05, 3.63) is 109 Å². The number of aryl methyl sites for hydroxylation is 1. The summed E-state index contributed by atoms with van der Waals surface area (Å²) in [5.41, 5.74) is 4.95. The summed E-state index contributed by atoms with van der Waals surface area (Å²) in [5.74, 6) is 0.264. The van der Waals surface area contributed by atoms with E-state index in [1.54, 1.807) is 42.5 Å². The van der Waals surface area contributed by atoms with Crippen molar-refractivity contribution in [3.8, 4) is 5.75 Å². The normalized spacial score (nSPS) is 11.1. The van der Waals surface area contributed by atoms with Crippen molar-refractivity contribution in [1.29, 1.82) is 0 Å². The Morgan fingerprint density at radius 3 is 1.73 bits per heavy atom. The van der Waals surface area contributed by atoms with Crippen molar-refractivity contribution < 1.29 is 12.6 Å². The number of benzene rings is 4. The van der Waals surface area contributed by atoms with Gasteiger partial charge in [0.25, 0.3) is 0 Å². The van der Waals surface area contributed by atoms with E-state index in [2.05, 4.69) is 29.2 Å². The molecular weight excluding hydrogens is 432 g/mol. The summed E-state index contributed by atoms with van der Waals surface area (Å²) in [6, 6.07) is 32.0. The first-order valence-electron chi connectivity index (χ1n) is 10.6. The van der Waals surface area contributed by atoms with Gasteiger partial charge in [-0.3, -0.25) is 0 Å². The van der Waals surface area contributed by atoms with Gasteiger partial charge in [0.15, 0.2) is 0 Å². The minimum absolute atomic E-state index is 0.130. The molecule has 0 aliphatic carbocycles. The van der Waals surface area contributed by atoms with Crippen LogP contribution in [0.1, 0.15) is 5.56 Å². The zero-order chi connectivity index (χ0) is 23.4. The second-order valence-electron chi connectivity index (χ2n) is 7.82. The SMILES string of the molecule is Cc1ccc(S(=O)(=O)Oc2cccc(N(C)c3ccc(N(C)c4ccccc4)cc3)c2)cc1. The highest BCUT2D eigenvalue weighted by molar-refractivity contribution is 7.87. The number of nitrogens with zero attached hydrogens (tertiary/aromatic N) is 2. The standard InChI is InChI=1S/C27H26N2O3S/c1-21-12-18-27(19-13-21)33(30,31)32-26-11-7-10-25(20-26)29(3)24-16-14-23(15-17-24)28(2)22-8-5-4-6-9-22/h4-20H,1-3H3. The molecule has 4 aromatic carbocycles. The van der Waals surface area contributed by atoms with E-state index in [0.29, 0.717) is 0 Å². The van der Waals surface area contributed by atoms with E-state index >= 15 is 0 Å². The monoisotopic (exact) mass is 458 g/mol. The van der Waals surface area contributed by atoms with Crippen molar-refractivity contribution in [3.63, 3.8) is 0 Å². The van der Waals surface area contributed by atoms with E-state index in [1.807, 2.05) is 62.3 Å². The Labute approximate surface area is 195 Å². The molecule has 168 valence electrons. The molecule has 6 heteroatoms. The zero-order valence-electron chi connectivity index (χ0n) is 18.8. The molecule has 0 aromatic heterocycles. The lowest BCUT2D eigenvalue weighted by Gasteiger charge is -2.23. The van der Waals surface area contributed by atoms with Crippen LogP contribution in [0.3, 0.4) is 0 Å². The second-order valence-corrected chi connectivity index (χ2v) is 9.36. The summed E-state index contributed by atoms with van der Waals surface area (Å²) >= 11 is 0. The van der Waals surface area contributed by atoms with Gasteiger partial charge in [-0.05, 0) is 67.6 Å². The maximum atomic E-state index is 12.6. The van der Waals surface area contributed by atoms with Gasteiger partial charge in [-0.25, -0.2) is 0 Å². The third kappa shape index (κ3) is 5.18. The minimum atomic E-state index is -3.90. The molecule has 0 aliphatic heterocycles. The molecular formula is C27H26N2O3S. The first-order chi connectivity index (χ1) is 15.8. The largest absolute Gasteiger partial charge is 0.379 e. The first-order valence-corrected chi connectivity index (χ1v) is 12.0. The Hall–Kier alpha value is -3.77. The van der Waals surface area contributed by atoms with E-state index < -0.39 is 10.1 Å². The van der Waals surface area contributed by atoms with Crippen LogP contribution in [0.5, 0.6) is 5.75 Å². The van der Waals surface area contributed by atoms with Gasteiger partial charge in [-0.1, -0.05) is 42.0 Å². The molecule has 0 fully saturated rings. The third-order valence-electron chi connectivity index (χ3n) is 5.49. The highest BCUT2D eigenvalue weighted by atomic mass is 32.2. The fraction of sp³-hybridized carbons (Fsp3) is 0.111. The molecule has 0 heterocycles. The summed E-state index contributed by atoms with van der Waals surface area (Å²) in [6.07, 6.45) is 0. The lowest BCUT2D eigenvalue weighted by Crippen LogP contribution is -2.12. The number of hydrogen-bond acceptors (Lipinski definition) is 5. The fourth-order valence-corrected chi connectivity index (χ4v) is 4.40. The Kier molecular flexibility index (Phi) is 6.38. The van der Waals surface area contributed by atoms with Crippen molar-refractivity contribution in [2.75, 3.05) is 23.9 Å². The molecule has 0 saturated heterocycles. The quantitative estimate of drug-likeness (QED) is 0.304. The summed E-state index contributed by atoms with van der Waals surface area (Å²) < 4.78 is 30.7. The van der Waals surface area contributed by atoms with Crippen LogP contribution in [0.25, 0.3) is 0 Å². The van der Waals surface area contributed by atoms with Crippen molar-refractivity contribution in [2.24, 2.45) is 0 Å². The van der Waals surface area contributed by atoms with Crippen LogP contribution in [-0.4, -0.2) is 22.5 Å². The lowest BCUT2D eigenvalue weighted by atomic mass is 10.2. The van der Waals surface area contributed by atoms with Gasteiger partial charge in [0.1, 0.15) is 10.6 Å². The van der Waals surface area contributed by atoms with Crippen LogP contribution >= 0.6 is 0 Å². The Bertz CT molecular complexity index is 1320. The van der Waals surface area contributed by atoms with Crippen LogP contribution in [0.2, 0.25) is 0 Å². The van der Waals surface area contributed by atoms with Crippen molar-refractivity contribution in [2.45, 2.75) is 11.8 Å². The number of para-hydroxylation sites is 1. The zero-order valence-corrected chi connectivity index (χ0v) is 19.7. The number of anilines is 4. The summed E-state index contributed by atoms with van der Waals surface area (Å²) in [4.78, 5) is 4.23. The second kappa shape index (κ2) is 9.38. The number of hydrogen-bond donors (Lipinski definition) is 0. The molecule has 0 unspecified atom stereocenters. The Morgan fingerprint density at radius 1 is 0.606 bits per heavy atom. The molecule has 5 nitrogen and oxygen atoms in total. The van der Waals surface area contributed by atoms with Gasteiger partial charge in [0.05, 0.1) is 0 Å². The van der Waals surface area contributed by atoms with E-state index in [9.17, 15) is 8.42 Å². The number of rotatable bonds is 7. The fourth-order valence-electron chi connectivity index (χ4n) is 3.47. The molecule has 0 N–H and O–H groups in total. The average molecular weight is 459 g/mol. The molecule has 0 radical (unpaired) electrons. The lowest BCUT2D eigenvalue weighted by molar-refractivity contribution is 0.486. The Morgan fingerprint density at radius 2 is 1.12 bits per heavy atom. The van der Waals surface area contributed by atoms with Crippen LogP contribution in [-0.2, 0) is 10.1 Å². The highest BCUT2D eigenvalue weighted by Gasteiger charge is 2.17. The molecule has 4 aromatic rings. The summed E-state index contributed by atoms with van der Waals surface area (Å²) in [7, 11) is 0.0624. The highest BCUT2D eigenvalue weighted by Crippen LogP contribution is 2.31. The van der Waals surface area contributed by atoms with Crippen LogP contribution < -0.4 is 14.0 Å². The van der Waals surface area contributed by atoms with Gasteiger partial charge in [-0.2, -0.15) is 8.42 Å². The molecule has 4 rings (SSSR count). The van der Waals surface area contributed by atoms with Crippen LogP contribution in [0.4, 0.5) is 22.7 Å². The summed E-state index contributed by atoms with van der Waals surface area (Å²) in [5, 5.41) is 0. The molecule has 0 bridgehead atoms. The predicted octanol–water partition coefficient (Wildman–Crippen LogP) is 6.30. The predicted molar refractivity (Wildman–Crippen MR) is 134 cm³/mol. The van der Waals surface area contributed by atoms with Gasteiger partial charge >= 0.3 is 10.1 Å². The molecule has 0 amide bonds. The van der Waals surface area contributed by atoms with Gasteiger partial charge in [-0.15, -0.1) is 0 Å². The maximum absolute atomic E-state index is 12.6.